The van der Waals surface area contributed by atoms with Crippen molar-refractivity contribution >= 4 is 45.3 Å². The number of unbranched alkanes of at least 4 members (excludes halogenated alkanes) is 4. The SMILES string of the molecule is CCCCCCCC(NC(=O)NC1(CS(=O)(=O)C(C)(C)C)CCCCC1)C(=O)N1C[C@H](C(C)C)C[C@H]1C(=O)NC(CC1CC1)C(=O)C(=O)NCCC(=O)OC(C)(C)C. The first-order chi connectivity index (χ1) is 27.0. The minimum Gasteiger partial charge on any atom is -0.460 e. The molecule has 5 amide bonds. The number of rotatable bonds is 21. The van der Waals surface area contributed by atoms with Gasteiger partial charge < -0.3 is 30.9 Å². The molecule has 3 aliphatic rings. The van der Waals surface area contributed by atoms with E-state index in [1.165, 1.54) is 4.90 Å². The lowest BCUT2D eigenvalue weighted by molar-refractivity contribution is -0.154. The van der Waals surface area contributed by atoms with E-state index in [0.717, 1.165) is 57.8 Å². The molecule has 3 fully saturated rings. The van der Waals surface area contributed by atoms with Gasteiger partial charge in [-0.25, -0.2) is 13.2 Å². The Kier molecular flexibility index (Phi) is 18.1. The number of nitrogens with one attached hydrogen (secondary N) is 4. The van der Waals surface area contributed by atoms with Gasteiger partial charge in [0.05, 0.1) is 28.5 Å². The van der Waals surface area contributed by atoms with E-state index in [2.05, 4.69) is 28.2 Å². The highest BCUT2D eigenvalue weighted by molar-refractivity contribution is 7.92. The van der Waals surface area contributed by atoms with Gasteiger partial charge in [-0.2, -0.15) is 0 Å². The summed E-state index contributed by atoms with van der Waals surface area (Å²) >= 11 is 0. The number of sulfone groups is 1. The lowest BCUT2D eigenvalue weighted by atomic mass is 9.83. The number of hydrogen-bond acceptors (Lipinski definition) is 9. The maximum absolute atomic E-state index is 14.6. The number of nitrogens with zero attached hydrogens (tertiary/aromatic N) is 1. The van der Waals surface area contributed by atoms with Crippen molar-refractivity contribution in [2.24, 2.45) is 17.8 Å². The van der Waals surface area contributed by atoms with Gasteiger partial charge in [0.25, 0.3) is 5.91 Å². The van der Waals surface area contributed by atoms with Crippen molar-refractivity contribution in [2.45, 2.75) is 199 Å². The molecule has 0 spiro atoms. The average molecular weight is 838 g/mol. The lowest BCUT2D eigenvalue weighted by Crippen LogP contribution is -2.61. The predicted octanol–water partition coefficient (Wildman–Crippen LogP) is 5.51. The van der Waals surface area contributed by atoms with E-state index in [1.807, 2.05) is 13.8 Å². The number of carbonyl (C=O) groups is 6. The molecule has 0 radical (unpaired) electrons. The summed E-state index contributed by atoms with van der Waals surface area (Å²) in [5.74, 6) is -3.07. The lowest BCUT2D eigenvalue weighted by Gasteiger charge is -2.40. The molecule has 14 nitrogen and oxygen atoms in total. The summed E-state index contributed by atoms with van der Waals surface area (Å²) < 4.78 is 31.1. The van der Waals surface area contributed by atoms with Crippen LogP contribution >= 0.6 is 0 Å². The normalized spacial score (nSPS) is 20.8. The Hall–Kier alpha value is -3.23. The van der Waals surface area contributed by atoms with Crippen molar-refractivity contribution in [3.63, 3.8) is 0 Å². The van der Waals surface area contributed by atoms with E-state index >= 15 is 0 Å². The molecule has 58 heavy (non-hydrogen) atoms. The van der Waals surface area contributed by atoms with Gasteiger partial charge in [0.2, 0.25) is 17.6 Å². The second-order valence-electron chi connectivity index (χ2n) is 19.5. The Morgan fingerprint density at radius 1 is 0.862 bits per heavy atom. The van der Waals surface area contributed by atoms with Crippen LogP contribution < -0.4 is 21.3 Å². The molecule has 15 heteroatoms. The summed E-state index contributed by atoms with van der Waals surface area (Å²) in [7, 11) is -3.58. The van der Waals surface area contributed by atoms with Gasteiger partial charge in [-0.1, -0.05) is 85.0 Å². The van der Waals surface area contributed by atoms with Crippen LogP contribution in [0.3, 0.4) is 0 Å². The van der Waals surface area contributed by atoms with Gasteiger partial charge in [0.15, 0.2) is 9.84 Å². The summed E-state index contributed by atoms with van der Waals surface area (Å²) in [5.41, 5.74) is -1.65. The van der Waals surface area contributed by atoms with E-state index in [1.54, 1.807) is 41.5 Å². The zero-order chi connectivity index (χ0) is 43.5. The van der Waals surface area contributed by atoms with Crippen LogP contribution in [-0.2, 0) is 38.5 Å². The molecule has 3 rings (SSSR count). The van der Waals surface area contributed by atoms with Crippen LogP contribution in [0.2, 0.25) is 0 Å². The number of likely N-dealkylation sites (tertiary alicyclic amines) is 1. The molecule has 1 heterocycles. The van der Waals surface area contributed by atoms with Crippen LogP contribution in [0.5, 0.6) is 0 Å². The summed E-state index contributed by atoms with van der Waals surface area (Å²) in [6, 6.07) is -3.61. The number of ketones is 1. The third-order valence-corrected chi connectivity index (χ3v) is 14.6. The maximum atomic E-state index is 14.6. The number of carbonyl (C=O) groups excluding carboxylic acids is 6. The van der Waals surface area contributed by atoms with Crippen LogP contribution in [0.4, 0.5) is 4.79 Å². The summed E-state index contributed by atoms with van der Waals surface area (Å²) in [5, 5.41) is 11.3. The van der Waals surface area contributed by atoms with Gasteiger partial charge >= 0.3 is 12.0 Å². The van der Waals surface area contributed by atoms with Crippen molar-refractivity contribution in [3.05, 3.63) is 0 Å². The zero-order valence-electron chi connectivity index (χ0n) is 36.9. The predicted molar refractivity (Wildman–Crippen MR) is 224 cm³/mol. The fourth-order valence-electron chi connectivity index (χ4n) is 7.90. The van der Waals surface area contributed by atoms with E-state index < -0.39 is 79.4 Å². The Bertz CT molecular complexity index is 1540. The van der Waals surface area contributed by atoms with Crippen molar-refractivity contribution < 1.29 is 41.9 Å². The molecule has 2 unspecified atom stereocenters. The molecule has 4 N–H and O–H groups in total. The first kappa shape index (κ1) is 49.1. The molecule has 0 aromatic heterocycles. The Labute approximate surface area is 348 Å². The number of urea groups is 1. The molecule has 2 aliphatic carbocycles. The summed E-state index contributed by atoms with van der Waals surface area (Å²) in [6.45, 7) is 16.5. The van der Waals surface area contributed by atoms with Crippen molar-refractivity contribution in [2.75, 3.05) is 18.8 Å². The molecule has 1 saturated heterocycles. The maximum Gasteiger partial charge on any atom is 0.315 e. The molecular formula is C43H75N5O9S. The van der Waals surface area contributed by atoms with Crippen molar-refractivity contribution in [1.29, 1.82) is 0 Å². The third kappa shape index (κ3) is 15.4. The fraction of sp³-hybridized carbons (Fsp3) is 0.860. The number of hydrogen-bond donors (Lipinski definition) is 4. The summed E-state index contributed by atoms with van der Waals surface area (Å²) in [4.78, 5) is 82.9. The van der Waals surface area contributed by atoms with Crippen LogP contribution in [0.1, 0.15) is 165 Å². The third-order valence-electron chi connectivity index (χ3n) is 11.8. The van der Waals surface area contributed by atoms with E-state index in [9.17, 15) is 37.2 Å². The van der Waals surface area contributed by atoms with Crippen LogP contribution in [0.25, 0.3) is 0 Å². The van der Waals surface area contributed by atoms with Gasteiger partial charge in [0, 0.05) is 13.1 Å². The largest absolute Gasteiger partial charge is 0.460 e. The number of Topliss-reactive ketones (excluding diaryl/α,β-unsaturated/α-hetero) is 1. The van der Waals surface area contributed by atoms with Gasteiger partial charge in [0.1, 0.15) is 17.7 Å². The fourth-order valence-corrected chi connectivity index (χ4v) is 9.43. The summed E-state index contributed by atoms with van der Waals surface area (Å²) in [6.07, 6.45) is 10.7. The topological polar surface area (TPSA) is 197 Å². The number of ether oxygens (including phenoxy) is 1. The Morgan fingerprint density at radius 2 is 1.50 bits per heavy atom. The number of esters is 1. The molecule has 1 aliphatic heterocycles. The molecule has 0 bridgehead atoms. The molecule has 4 atom stereocenters. The van der Waals surface area contributed by atoms with E-state index in [0.29, 0.717) is 32.1 Å². The minimum atomic E-state index is -3.58. The zero-order valence-corrected chi connectivity index (χ0v) is 37.7. The monoisotopic (exact) mass is 838 g/mol. The van der Waals surface area contributed by atoms with Crippen LogP contribution in [0, 0.1) is 17.8 Å². The smallest absolute Gasteiger partial charge is 0.315 e. The number of amides is 5. The van der Waals surface area contributed by atoms with Crippen LogP contribution in [-0.4, -0.2) is 102 Å². The highest BCUT2D eigenvalue weighted by atomic mass is 32.2. The van der Waals surface area contributed by atoms with E-state index in [-0.39, 0.29) is 49.4 Å². The Morgan fingerprint density at radius 3 is 2.07 bits per heavy atom. The Balaban J connectivity index is 1.81. The quantitative estimate of drug-likeness (QED) is 0.0655. The first-order valence-electron chi connectivity index (χ1n) is 21.9. The molecule has 0 aromatic carbocycles. The second-order valence-corrected chi connectivity index (χ2v) is 22.3. The second kappa shape index (κ2) is 21.3. The van der Waals surface area contributed by atoms with Crippen LogP contribution in [0.15, 0.2) is 0 Å². The van der Waals surface area contributed by atoms with Crippen molar-refractivity contribution in [1.82, 2.24) is 26.2 Å². The standard InChI is InChI=1S/C43H75N5O9S/c1-10-11-12-13-15-18-32(46-40(54)47-43(22-16-14-17-23-43)28-58(55,56)42(7,8)9)39(53)48-27-31(29(2)3)26-34(48)37(51)45-33(25-30-19-20-30)36(50)38(52)44-24-21-35(49)57-41(4,5)6/h29-34H,10-28H2,1-9H3,(H,44,52)(H,45,51)(H2,46,47,54)/t31-,32?,33?,34+/m1/s1. The molecular weight excluding hydrogens is 763 g/mol. The highest BCUT2D eigenvalue weighted by Gasteiger charge is 2.46. The minimum absolute atomic E-state index is 0.0272. The first-order valence-corrected chi connectivity index (χ1v) is 23.6. The molecule has 332 valence electrons. The van der Waals surface area contributed by atoms with Gasteiger partial charge in [-0.05, 0) is 91.4 Å². The highest BCUT2D eigenvalue weighted by Crippen LogP contribution is 2.35. The molecule has 2 saturated carbocycles. The van der Waals surface area contributed by atoms with Gasteiger partial charge in [-0.15, -0.1) is 0 Å². The van der Waals surface area contributed by atoms with Crippen molar-refractivity contribution in [3.8, 4) is 0 Å². The average Bonchev–Trinajstić information content (AvgIpc) is 3.81. The van der Waals surface area contributed by atoms with E-state index in [4.69, 9.17) is 4.74 Å². The van der Waals surface area contributed by atoms with Gasteiger partial charge in [-0.3, -0.25) is 24.0 Å². The molecule has 0 aromatic rings.